The summed E-state index contributed by atoms with van der Waals surface area (Å²) in [5.41, 5.74) is 5.42. The van der Waals surface area contributed by atoms with Gasteiger partial charge in [0.25, 0.3) is 0 Å². The number of pyridine rings is 1. The molecular formula is C25H24F3NO. The Balaban J connectivity index is 1.87. The topological polar surface area (TPSA) is 26.0 Å². The first kappa shape index (κ1) is 20.5. The first-order chi connectivity index (χ1) is 14.1. The Morgan fingerprint density at radius 1 is 1.00 bits per heavy atom. The summed E-state index contributed by atoms with van der Waals surface area (Å²) >= 11 is 0. The molecule has 5 heteroatoms. The zero-order valence-corrected chi connectivity index (χ0v) is 17.5. The van der Waals surface area contributed by atoms with Crippen LogP contribution in [0.25, 0.3) is 33.0 Å². The molecule has 0 aliphatic rings. The van der Waals surface area contributed by atoms with Gasteiger partial charge in [-0.3, -0.25) is 4.98 Å². The van der Waals surface area contributed by atoms with E-state index in [2.05, 4.69) is 37.9 Å². The standard InChI is InChI=1S/C25H24F3NO/c1-14(2)23-16(4)20-11-15(3)12-21(24(20)30-23)22-19-6-5-17(7-9-25(26,27)28)13-18(19)8-10-29-22/h5-6,8,10-14H,7,9H2,1-4H3. The largest absolute Gasteiger partial charge is 0.460 e. The van der Waals surface area contributed by atoms with E-state index in [4.69, 9.17) is 4.42 Å². The highest BCUT2D eigenvalue weighted by molar-refractivity contribution is 6.03. The smallest absolute Gasteiger partial charge is 0.389 e. The van der Waals surface area contributed by atoms with Crippen LogP contribution in [-0.2, 0) is 6.42 Å². The number of hydrogen-bond donors (Lipinski definition) is 0. The molecular weight excluding hydrogens is 387 g/mol. The fraction of sp³-hybridized carbons (Fsp3) is 0.320. The van der Waals surface area contributed by atoms with Crippen LogP contribution >= 0.6 is 0 Å². The average molecular weight is 411 g/mol. The van der Waals surface area contributed by atoms with Gasteiger partial charge in [0.15, 0.2) is 0 Å². The van der Waals surface area contributed by atoms with E-state index in [1.165, 1.54) is 0 Å². The zero-order chi connectivity index (χ0) is 21.6. The normalized spacial score (nSPS) is 12.4. The van der Waals surface area contributed by atoms with Crippen molar-refractivity contribution in [3.8, 4) is 11.3 Å². The van der Waals surface area contributed by atoms with E-state index >= 15 is 0 Å². The Bertz CT molecular complexity index is 1230. The minimum Gasteiger partial charge on any atom is -0.460 e. The molecule has 0 saturated carbocycles. The van der Waals surface area contributed by atoms with Crippen LogP contribution < -0.4 is 0 Å². The molecule has 2 aromatic heterocycles. The molecule has 4 aromatic rings. The van der Waals surface area contributed by atoms with E-state index in [9.17, 15) is 13.2 Å². The summed E-state index contributed by atoms with van der Waals surface area (Å²) < 4.78 is 44.1. The fourth-order valence-corrected chi connectivity index (χ4v) is 4.09. The van der Waals surface area contributed by atoms with Gasteiger partial charge in [0.1, 0.15) is 11.3 Å². The lowest BCUT2D eigenvalue weighted by Crippen LogP contribution is -2.08. The monoisotopic (exact) mass is 411 g/mol. The number of rotatable bonds is 4. The number of nitrogens with zero attached hydrogens (tertiary/aromatic N) is 1. The second-order valence-corrected chi connectivity index (χ2v) is 8.27. The number of benzene rings is 2. The highest BCUT2D eigenvalue weighted by Crippen LogP contribution is 2.39. The molecule has 0 radical (unpaired) electrons. The van der Waals surface area contributed by atoms with Crippen molar-refractivity contribution in [3.05, 3.63) is 65.0 Å². The van der Waals surface area contributed by atoms with Crippen molar-refractivity contribution in [2.45, 2.75) is 52.6 Å². The number of hydrogen-bond acceptors (Lipinski definition) is 2. The Morgan fingerprint density at radius 2 is 1.77 bits per heavy atom. The lowest BCUT2D eigenvalue weighted by Gasteiger charge is -2.10. The van der Waals surface area contributed by atoms with Crippen molar-refractivity contribution in [3.63, 3.8) is 0 Å². The molecule has 4 rings (SSSR count). The number of furan rings is 1. The van der Waals surface area contributed by atoms with Gasteiger partial charge in [0.2, 0.25) is 0 Å². The third kappa shape index (κ3) is 3.81. The molecule has 2 nitrogen and oxygen atoms in total. The third-order valence-electron chi connectivity index (χ3n) is 5.52. The minimum atomic E-state index is -4.16. The van der Waals surface area contributed by atoms with Crippen LogP contribution in [-0.4, -0.2) is 11.2 Å². The van der Waals surface area contributed by atoms with Crippen LogP contribution in [0.1, 0.15) is 48.6 Å². The van der Waals surface area contributed by atoms with Crippen LogP contribution in [0.15, 0.2) is 47.0 Å². The predicted octanol–water partition coefficient (Wildman–Crippen LogP) is 7.88. The second-order valence-electron chi connectivity index (χ2n) is 8.27. The lowest BCUT2D eigenvalue weighted by molar-refractivity contribution is -0.133. The summed E-state index contributed by atoms with van der Waals surface area (Å²) in [6.07, 6.45) is -3.30. The van der Waals surface area contributed by atoms with Gasteiger partial charge in [-0.1, -0.05) is 32.0 Å². The SMILES string of the molecule is Cc1cc(-c2nccc3cc(CCC(F)(F)F)ccc23)c2oc(C(C)C)c(C)c2c1. The summed E-state index contributed by atoms with van der Waals surface area (Å²) in [6.45, 7) is 8.34. The van der Waals surface area contributed by atoms with Gasteiger partial charge in [-0.05, 0) is 60.5 Å². The number of alkyl halides is 3. The minimum absolute atomic E-state index is 0.0269. The fourth-order valence-electron chi connectivity index (χ4n) is 4.09. The molecule has 0 atom stereocenters. The summed E-state index contributed by atoms with van der Waals surface area (Å²) in [5, 5.41) is 2.86. The third-order valence-corrected chi connectivity index (χ3v) is 5.52. The van der Waals surface area contributed by atoms with Crippen LogP contribution in [0.3, 0.4) is 0 Å². The first-order valence-corrected chi connectivity index (χ1v) is 10.1. The van der Waals surface area contributed by atoms with Crippen molar-refractivity contribution in [2.24, 2.45) is 0 Å². The Labute approximate surface area is 173 Å². The highest BCUT2D eigenvalue weighted by atomic mass is 19.4. The lowest BCUT2D eigenvalue weighted by atomic mass is 9.97. The molecule has 0 aliphatic heterocycles. The summed E-state index contributed by atoms with van der Waals surface area (Å²) in [4.78, 5) is 4.63. The van der Waals surface area contributed by atoms with Crippen molar-refractivity contribution >= 4 is 21.7 Å². The predicted molar refractivity (Wildman–Crippen MR) is 115 cm³/mol. The Hall–Kier alpha value is -2.82. The van der Waals surface area contributed by atoms with Gasteiger partial charge in [-0.25, -0.2) is 0 Å². The first-order valence-electron chi connectivity index (χ1n) is 10.1. The van der Waals surface area contributed by atoms with Gasteiger partial charge in [0.05, 0.1) is 5.69 Å². The van der Waals surface area contributed by atoms with Gasteiger partial charge in [0, 0.05) is 34.9 Å². The molecule has 0 fully saturated rings. The summed E-state index contributed by atoms with van der Waals surface area (Å²) in [5.74, 6) is 1.23. The second kappa shape index (κ2) is 7.46. The maximum absolute atomic E-state index is 12.6. The van der Waals surface area contributed by atoms with Crippen molar-refractivity contribution in [1.82, 2.24) is 4.98 Å². The molecule has 2 aromatic carbocycles. The van der Waals surface area contributed by atoms with Gasteiger partial charge < -0.3 is 4.42 Å². The summed E-state index contributed by atoms with van der Waals surface area (Å²) in [6, 6.07) is 11.5. The number of aryl methyl sites for hydroxylation is 3. The molecule has 30 heavy (non-hydrogen) atoms. The van der Waals surface area contributed by atoms with Crippen molar-refractivity contribution in [2.75, 3.05) is 0 Å². The van der Waals surface area contributed by atoms with Crippen LogP contribution in [0.4, 0.5) is 13.2 Å². The molecule has 0 aliphatic carbocycles. The maximum atomic E-state index is 12.6. The van der Waals surface area contributed by atoms with Crippen LogP contribution in [0.5, 0.6) is 0 Å². The maximum Gasteiger partial charge on any atom is 0.389 e. The van der Waals surface area contributed by atoms with Crippen LogP contribution in [0.2, 0.25) is 0 Å². The van der Waals surface area contributed by atoms with E-state index in [0.29, 0.717) is 5.56 Å². The Kier molecular flexibility index (Phi) is 5.08. The number of halogens is 3. The molecule has 0 spiro atoms. The van der Waals surface area contributed by atoms with Crippen molar-refractivity contribution in [1.29, 1.82) is 0 Å². The zero-order valence-electron chi connectivity index (χ0n) is 17.5. The number of aromatic nitrogens is 1. The van der Waals surface area contributed by atoms with Crippen LogP contribution in [0, 0.1) is 13.8 Å². The van der Waals surface area contributed by atoms with E-state index in [0.717, 1.165) is 49.9 Å². The quantitative estimate of drug-likeness (QED) is 0.341. The molecule has 0 unspecified atom stereocenters. The molecule has 0 N–H and O–H groups in total. The van der Waals surface area contributed by atoms with Gasteiger partial charge in [-0.15, -0.1) is 0 Å². The molecule has 156 valence electrons. The number of fused-ring (bicyclic) bond motifs is 2. The van der Waals surface area contributed by atoms with E-state index in [-0.39, 0.29) is 12.3 Å². The van der Waals surface area contributed by atoms with E-state index < -0.39 is 12.6 Å². The average Bonchev–Trinajstić information content (AvgIpc) is 3.01. The van der Waals surface area contributed by atoms with E-state index in [1.807, 2.05) is 25.1 Å². The summed E-state index contributed by atoms with van der Waals surface area (Å²) in [7, 11) is 0. The van der Waals surface area contributed by atoms with E-state index in [1.54, 1.807) is 12.3 Å². The highest BCUT2D eigenvalue weighted by Gasteiger charge is 2.26. The molecule has 0 amide bonds. The van der Waals surface area contributed by atoms with Gasteiger partial charge in [-0.2, -0.15) is 13.2 Å². The molecule has 0 bridgehead atoms. The molecule has 0 saturated heterocycles. The van der Waals surface area contributed by atoms with Crippen molar-refractivity contribution < 1.29 is 17.6 Å². The molecule has 2 heterocycles. The van der Waals surface area contributed by atoms with Gasteiger partial charge >= 0.3 is 6.18 Å². The Morgan fingerprint density at radius 3 is 2.47 bits per heavy atom.